The number of aryl methyl sites for hydroxylation is 1. The Kier molecular flexibility index (Phi) is 5.35. The topological polar surface area (TPSA) is 57.5 Å². The van der Waals surface area contributed by atoms with Crippen LogP contribution in [-0.2, 0) is 6.42 Å². The van der Waals surface area contributed by atoms with Gasteiger partial charge in [-0.2, -0.15) is 0 Å². The monoisotopic (exact) mass is 424 g/mol. The predicted octanol–water partition coefficient (Wildman–Crippen LogP) is 6.69. The lowest BCUT2D eigenvalue weighted by atomic mass is 9.87. The second-order valence-electron chi connectivity index (χ2n) is 7.06. The second-order valence-corrected chi connectivity index (χ2v) is 7.90. The molecule has 0 unspecified atom stereocenters. The van der Waals surface area contributed by atoms with E-state index in [-0.39, 0.29) is 11.3 Å². The number of phenolic OH excluding ortho intramolecular Hbond substituents is 1. The number of aromatic hydroxyl groups is 1. The molecule has 29 heavy (non-hydrogen) atoms. The number of aromatic carboxylic acids is 1. The SMILES string of the molecule is O=C(O)c1ccc2c(c1)CCCC(c1ccc(Cl)cc1Cl)=C2c1ccc(O)cc1. The van der Waals surface area contributed by atoms with Gasteiger partial charge in [-0.25, -0.2) is 4.79 Å². The Morgan fingerprint density at radius 1 is 0.862 bits per heavy atom. The number of hydrogen-bond acceptors (Lipinski definition) is 2. The van der Waals surface area contributed by atoms with E-state index in [0.29, 0.717) is 10.0 Å². The zero-order valence-corrected chi connectivity index (χ0v) is 17.0. The molecule has 0 aliphatic heterocycles. The van der Waals surface area contributed by atoms with Crippen LogP contribution in [0.15, 0.2) is 60.7 Å². The van der Waals surface area contributed by atoms with E-state index >= 15 is 0 Å². The number of benzene rings is 3. The number of carboxylic acid groups (broad SMARTS) is 1. The summed E-state index contributed by atoms with van der Waals surface area (Å²) in [6, 6.07) is 17.8. The molecule has 3 aromatic rings. The standard InChI is InChI=1S/C24H18Cl2O3/c25-17-7-11-20(22(26)13-17)21-3-1-2-15-12-16(24(28)29)6-10-19(15)23(21)14-4-8-18(27)9-5-14/h4-13,27H,1-3H2,(H,28,29). The number of rotatable bonds is 3. The van der Waals surface area contributed by atoms with Crippen LogP contribution in [0.3, 0.4) is 0 Å². The third-order valence-corrected chi connectivity index (χ3v) is 5.76. The molecule has 0 fully saturated rings. The van der Waals surface area contributed by atoms with Crippen LogP contribution >= 0.6 is 23.2 Å². The number of carbonyl (C=O) groups is 1. The van der Waals surface area contributed by atoms with E-state index in [1.54, 1.807) is 30.3 Å². The lowest BCUT2D eigenvalue weighted by Crippen LogP contribution is -2.01. The molecule has 146 valence electrons. The van der Waals surface area contributed by atoms with E-state index in [2.05, 4.69) is 0 Å². The Morgan fingerprint density at radius 2 is 1.59 bits per heavy atom. The molecule has 3 aromatic carbocycles. The van der Waals surface area contributed by atoms with Crippen molar-refractivity contribution < 1.29 is 15.0 Å². The van der Waals surface area contributed by atoms with Crippen molar-refractivity contribution in [1.29, 1.82) is 0 Å². The summed E-state index contributed by atoms with van der Waals surface area (Å²) in [5.41, 5.74) is 6.19. The molecule has 1 aliphatic rings. The van der Waals surface area contributed by atoms with Crippen LogP contribution in [0.25, 0.3) is 11.1 Å². The summed E-state index contributed by atoms with van der Waals surface area (Å²) in [5, 5.41) is 20.3. The minimum Gasteiger partial charge on any atom is -0.508 e. The summed E-state index contributed by atoms with van der Waals surface area (Å²) in [5.74, 6) is -0.747. The van der Waals surface area contributed by atoms with Crippen LogP contribution in [0, 0.1) is 0 Å². The molecule has 0 heterocycles. The van der Waals surface area contributed by atoms with Gasteiger partial charge >= 0.3 is 5.97 Å². The first-order valence-electron chi connectivity index (χ1n) is 9.28. The van der Waals surface area contributed by atoms with Crippen LogP contribution in [0.4, 0.5) is 0 Å². The van der Waals surface area contributed by atoms with Crippen LogP contribution in [0.1, 0.15) is 45.5 Å². The molecular formula is C24H18Cl2O3. The van der Waals surface area contributed by atoms with Crippen molar-refractivity contribution in [3.63, 3.8) is 0 Å². The fourth-order valence-corrected chi connectivity index (χ4v) is 4.40. The fourth-order valence-electron chi connectivity index (χ4n) is 3.88. The summed E-state index contributed by atoms with van der Waals surface area (Å²) in [4.78, 5) is 11.5. The summed E-state index contributed by atoms with van der Waals surface area (Å²) < 4.78 is 0. The Balaban J connectivity index is 2.02. The Hall–Kier alpha value is -2.75. The van der Waals surface area contributed by atoms with Gasteiger partial charge in [-0.1, -0.05) is 47.5 Å². The zero-order valence-electron chi connectivity index (χ0n) is 15.5. The van der Waals surface area contributed by atoms with Crippen molar-refractivity contribution in [2.24, 2.45) is 0 Å². The molecule has 3 nitrogen and oxygen atoms in total. The maximum Gasteiger partial charge on any atom is 0.335 e. The number of allylic oxidation sites excluding steroid dienone is 1. The summed E-state index contributed by atoms with van der Waals surface area (Å²) >= 11 is 12.7. The maximum absolute atomic E-state index is 11.5. The molecule has 2 N–H and O–H groups in total. The van der Waals surface area contributed by atoms with Crippen LogP contribution in [-0.4, -0.2) is 16.2 Å². The van der Waals surface area contributed by atoms with Gasteiger partial charge in [0.25, 0.3) is 0 Å². The predicted molar refractivity (Wildman–Crippen MR) is 117 cm³/mol. The van der Waals surface area contributed by atoms with E-state index < -0.39 is 5.97 Å². The lowest BCUT2D eigenvalue weighted by Gasteiger charge is -2.18. The Bertz CT molecular complexity index is 1130. The molecule has 0 saturated carbocycles. The summed E-state index contributed by atoms with van der Waals surface area (Å²) in [6.07, 6.45) is 2.42. The van der Waals surface area contributed by atoms with E-state index in [1.807, 2.05) is 30.3 Å². The van der Waals surface area contributed by atoms with Crippen molar-refractivity contribution >= 4 is 40.3 Å². The van der Waals surface area contributed by atoms with Crippen LogP contribution < -0.4 is 0 Å². The summed E-state index contributed by atoms with van der Waals surface area (Å²) in [7, 11) is 0. The Labute approximate surface area is 178 Å². The molecule has 0 atom stereocenters. The van der Waals surface area contributed by atoms with Crippen molar-refractivity contribution in [3.05, 3.63) is 98.5 Å². The normalized spacial score (nSPS) is 13.7. The van der Waals surface area contributed by atoms with Gasteiger partial charge in [-0.05, 0) is 89.1 Å². The first-order chi connectivity index (χ1) is 13.9. The molecule has 5 heteroatoms. The van der Waals surface area contributed by atoms with Gasteiger partial charge in [0.15, 0.2) is 0 Å². The van der Waals surface area contributed by atoms with Crippen molar-refractivity contribution in [2.75, 3.05) is 0 Å². The van der Waals surface area contributed by atoms with E-state index in [9.17, 15) is 15.0 Å². The third-order valence-electron chi connectivity index (χ3n) is 5.21. The number of fused-ring (bicyclic) bond motifs is 1. The highest BCUT2D eigenvalue weighted by Crippen LogP contribution is 2.42. The van der Waals surface area contributed by atoms with Gasteiger partial charge in [-0.3, -0.25) is 0 Å². The average molecular weight is 425 g/mol. The van der Waals surface area contributed by atoms with E-state index in [4.69, 9.17) is 23.2 Å². The average Bonchev–Trinajstić information content (AvgIpc) is 2.87. The first kappa shape index (κ1) is 19.6. The Morgan fingerprint density at radius 3 is 2.28 bits per heavy atom. The molecule has 0 spiro atoms. The smallest absolute Gasteiger partial charge is 0.335 e. The minimum atomic E-state index is -0.937. The van der Waals surface area contributed by atoms with Crippen LogP contribution in [0.5, 0.6) is 5.75 Å². The molecule has 0 bridgehead atoms. The van der Waals surface area contributed by atoms with E-state index in [1.165, 1.54) is 0 Å². The minimum absolute atomic E-state index is 0.190. The molecule has 0 amide bonds. The van der Waals surface area contributed by atoms with Gasteiger partial charge in [0.05, 0.1) is 5.56 Å². The summed E-state index contributed by atoms with van der Waals surface area (Å²) in [6.45, 7) is 0. The largest absolute Gasteiger partial charge is 0.508 e. The molecule has 4 rings (SSSR count). The zero-order chi connectivity index (χ0) is 20.5. The third kappa shape index (κ3) is 3.89. The highest BCUT2D eigenvalue weighted by molar-refractivity contribution is 6.36. The van der Waals surface area contributed by atoms with Gasteiger partial charge in [0.1, 0.15) is 5.75 Å². The highest BCUT2D eigenvalue weighted by atomic mass is 35.5. The van der Waals surface area contributed by atoms with Crippen molar-refractivity contribution in [2.45, 2.75) is 19.3 Å². The van der Waals surface area contributed by atoms with Gasteiger partial charge in [0.2, 0.25) is 0 Å². The van der Waals surface area contributed by atoms with Crippen molar-refractivity contribution in [1.82, 2.24) is 0 Å². The highest BCUT2D eigenvalue weighted by Gasteiger charge is 2.22. The first-order valence-corrected chi connectivity index (χ1v) is 10.0. The fraction of sp³-hybridized carbons (Fsp3) is 0.125. The van der Waals surface area contributed by atoms with Crippen LogP contribution in [0.2, 0.25) is 10.0 Å². The quantitative estimate of drug-likeness (QED) is 0.491. The maximum atomic E-state index is 11.5. The number of halogens is 2. The molecule has 1 aliphatic carbocycles. The van der Waals surface area contributed by atoms with Gasteiger partial charge < -0.3 is 10.2 Å². The number of phenols is 1. The molecule has 0 aromatic heterocycles. The van der Waals surface area contributed by atoms with Crippen molar-refractivity contribution in [3.8, 4) is 5.75 Å². The molecule has 0 saturated heterocycles. The van der Waals surface area contributed by atoms with E-state index in [0.717, 1.165) is 52.7 Å². The second kappa shape index (κ2) is 7.94. The number of carboxylic acids is 1. The molecule has 0 radical (unpaired) electrons. The van der Waals surface area contributed by atoms with Gasteiger partial charge in [0, 0.05) is 10.0 Å². The number of hydrogen-bond donors (Lipinski definition) is 2. The molecular weight excluding hydrogens is 407 g/mol. The lowest BCUT2D eigenvalue weighted by molar-refractivity contribution is 0.0696. The van der Waals surface area contributed by atoms with Gasteiger partial charge in [-0.15, -0.1) is 0 Å².